The quantitative estimate of drug-likeness (QED) is 0.547. The van der Waals surface area contributed by atoms with E-state index in [1.165, 1.54) is 32.4 Å². The largest absolute Gasteiger partial charge is 0.497 e. The smallest absolute Gasteiger partial charge is 0.488 e. The summed E-state index contributed by atoms with van der Waals surface area (Å²) in [7, 11) is 1.09. The van der Waals surface area contributed by atoms with Crippen LogP contribution >= 0.6 is 0 Å². The molecule has 0 aliphatic heterocycles. The SMILES string of the molecule is CNC(=O)[C@@H](NC(=O)OC(C)(C)C)c1cc(OC)cc(B(O)O)c1. The molecular formula is C15H23BN2O6. The Morgan fingerprint density at radius 3 is 2.29 bits per heavy atom. The van der Waals surface area contributed by atoms with Crippen LogP contribution in [0, 0.1) is 0 Å². The molecule has 0 radical (unpaired) electrons. The van der Waals surface area contributed by atoms with Gasteiger partial charge in [0.15, 0.2) is 0 Å². The van der Waals surface area contributed by atoms with E-state index < -0.39 is 30.8 Å². The third-order valence-corrected chi connectivity index (χ3v) is 2.99. The maximum absolute atomic E-state index is 12.1. The molecule has 0 aromatic heterocycles. The van der Waals surface area contributed by atoms with Gasteiger partial charge in [0.2, 0.25) is 5.91 Å². The van der Waals surface area contributed by atoms with E-state index >= 15 is 0 Å². The summed E-state index contributed by atoms with van der Waals surface area (Å²) in [5, 5.41) is 23.6. The normalized spacial score (nSPS) is 12.1. The molecule has 1 aromatic rings. The molecular weight excluding hydrogens is 315 g/mol. The van der Waals surface area contributed by atoms with Crippen LogP contribution in [0.25, 0.3) is 0 Å². The van der Waals surface area contributed by atoms with Crippen molar-refractivity contribution in [3.05, 3.63) is 23.8 Å². The van der Waals surface area contributed by atoms with E-state index in [-0.39, 0.29) is 5.46 Å². The Bertz CT molecular complexity index is 600. The number of carbonyl (C=O) groups excluding carboxylic acids is 2. The van der Waals surface area contributed by atoms with E-state index in [2.05, 4.69) is 10.6 Å². The second-order valence-electron chi connectivity index (χ2n) is 6.11. The van der Waals surface area contributed by atoms with E-state index in [1.54, 1.807) is 20.8 Å². The lowest BCUT2D eigenvalue weighted by molar-refractivity contribution is -0.122. The van der Waals surface area contributed by atoms with Gasteiger partial charge in [-0.05, 0) is 43.9 Å². The van der Waals surface area contributed by atoms with Gasteiger partial charge in [-0.3, -0.25) is 4.79 Å². The van der Waals surface area contributed by atoms with Gasteiger partial charge in [-0.1, -0.05) is 6.07 Å². The molecule has 1 atom stereocenters. The monoisotopic (exact) mass is 338 g/mol. The summed E-state index contributed by atoms with van der Waals surface area (Å²) < 4.78 is 10.3. The number of benzene rings is 1. The Balaban J connectivity index is 3.19. The first kappa shape index (κ1) is 19.8. The molecule has 0 bridgehead atoms. The van der Waals surface area contributed by atoms with Crippen LogP contribution in [0.4, 0.5) is 4.79 Å². The number of hydrogen-bond acceptors (Lipinski definition) is 6. The van der Waals surface area contributed by atoms with Crippen LogP contribution in [0.5, 0.6) is 5.75 Å². The summed E-state index contributed by atoms with van der Waals surface area (Å²) in [5.74, 6) is -0.178. The Hall–Kier alpha value is -2.26. The zero-order chi connectivity index (χ0) is 18.5. The standard InChI is InChI=1S/C15H23BN2O6/c1-15(2,3)24-14(20)18-12(13(19)17-4)9-6-10(16(21)22)8-11(7-9)23-5/h6-8,12,21-22H,1-5H3,(H,17,19)(H,18,20)/t12-/m0/s1. The molecule has 0 heterocycles. The van der Waals surface area contributed by atoms with Crippen molar-refractivity contribution in [2.24, 2.45) is 0 Å². The number of nitrogens with one attached hydrogen (secondary N) is 2. The van der Waals surface area contributed by atoms with Gasteiger partial charge in [-0.2, -0.15) is 0 Å². The van der Waals surface area contributed by atoms with E-state index in [9.17, 15) is 19.6 Å². The molecule has 8 nitrogen and oxygen atoms in total. The van der Waals surface area contributed by atoms with Gasteiger partial charge >= 0.3 is 13.2 Å². The van der Waals surface area contributed by atoms with Crippen molar-refractivity contribution >= 4 is 24.6 Å². The molecule has 0 spiro atoms. The van der Waals surface area contributed by atoms with Gasteiger partial charge in [0.25, 0.3) is 0 Å². The van der Waals surface area contributed by atoms with Gasteiger partial charge in [0, 0.05) is 7.05 Å². The number of ether oxygens (including phenoxy) is 2. The van der Waals surface area contributed by atoms with Crippen LogP contribution in [-0.2, 0) is 9.53 Å². The van der Waals surface area contributed by atoms with Crippen LogP contribution in [0.3, 0.4) is 0 Å². The predicted octanol–water partition coefficient (Wildman–Crippen LogP) is -0.313. The number of amides is 2. The first-order valence-electron chi connectivity index (χ1n) is 7.33. The van der Waals surface area contributed by atoms with Crippen molar-refractivity contribution in [3.8, 4) is 5.75 Å². The number of carbonyl (C=O) groups is 2. The maximum Gasteiger partial charge on any atom is 0.488 e. The second kappa shape index (κ2) is 8.03. The second-order valence-corrected chi connectivity index (χ2v) is 6.11. The van der Waals surface area contributed by atoms with E-state index in [0.717, 1.165) is 0 Å². The highest BCUT2D eigenvalue weighted by atomic mass is 16.6. The van der Waals surface area contributed by atoms with Gasteiger partial charge in [-0.15, -0.1) is 0 Å². The van der Waals surface area contributed by atoms with Gasteiger partial charge in [0.1, 0.15) is 17.4 Å². The Morgan fingerprint density at radius 2 is 1.83 bits per heavy atom. The molecule has 0 unspecified atom stereocenters. The molecule has 2 amide bonds. The molecule has 9 heteroatoms. The molecule has 1 aromatic carbocycles. The van der Waals surface area contributed by atoms with Crippen LogP contribution in [0.1, 0.15) is 32.4 Å². The van der Waals surface area contributed by atoms with Crippen LogP contribution < -0.4 is 20.8 Å². The maximum atomic E-state index is 12.1. The minimum absolute atomic E-state index is 0.129. The average Bonchev–Trinajstić information content (AvgIpc) is 2.49. The summed E-state index contributed by atoms with van der Waals surface area (Å²) in [4.78, 5) is 24.1. The molecule has 0 saturated heterocycles. The van der Waals surface area contributed by atoms with Gasteiger partial charge in [-0.25, -0.2) is 4.79 Å². The van der Waals surface area contributed by atoms with Crippen molar-refractivity contribution < 1.29 is 29.1 Å². The molecule has 1 rings (SSSR count). The molecule has 132 valence electrons. The molecule has 0 aliphatic carbocycles. The minimum atomic E-state index is -1.74. The third-order valence-electron chi connectivity index (χ3n) is 2.99. The van der Waals surface area contributed by atoms with Gasteiger partial charge in [0.05, 0.1) is 7.11 Å². The average molecular weight is 338 g/mol. The van der Waals surface area contributed by atoms with E-state index in [0.29, 0.717) is 11.3 Å². The Labute approximate surface area is 141 Å². The fraction of sp³-hybridized carbons (Fsp3) is 0.467. The highest BCUT2D eigenvalue weighted by molar-refractivity contribution is 6.58. The lowest BCUT2D eigenvalue weighted by Gasteiger charge is -2.23. The van der Waals surface area contributed by atoms with Crippen molar-refractivity contribution in [2.75, 3.05) is 14.2 Å². The van der Waals surface area contributed by atoms with Crippen molar-refractivity contribution in [2.45, 2.75) is 32.4 Å². The molecule has 0 saturated carbocycles. The highest BCUT2D eigenvalue weighted by Gasteiger charge is 2.27. The van der Waals surface area contributed by atoms with E-state index in [1.807, 2.05) is 0 Å². The zero-order valence-corrected chi connectivity index (χ0v) is 14.4. The summed E-state index contributed by atoms with van der Waals surface area (Å²) in [5.41, 5.74) is -0.273. The topological polar surface area (TPSA) is 117 Å². The lowest BCUT2D eigenvalue weighted by atomic mass is 9.79. The van der Waals surface area contributed by atoms with Crippen LogP contribution in [0.15, 0.2) is 18.2 Å². The van der Waals surface area contributed by atoms with Crippen LogP contribution in [0.2, 0.25) is 0 Å². The minimum Gasteiger partial charge on any atom is -0.497 e. The first-order chi connectivity index (χ1) is 11.1. The fourth-order valence-corrected chi connectivity index (χ4v) is 1.95. The number of likely N-dealkylation sites (N-methyl/N-ethyl adjacent to an activating group) is 1. The molecule has 0 aliphatic rings. The number of rotatable bonds is 5. The first-order valence-corrected chi connectivity index (χ1v) is 7.33. The molecule has 24 heavy (non-hydrogen) atoms. The summed E-state index contributed by atoms with van der Waals surface area (Å²) in [6, 6.07) is 3.24. The lowest BCUT2D eigenvalue weighted by Crippen LogP contribution is -2.42. The molecule has 0 fully saturated rings. The number of hydrogen-bond donors (Lipinski definition) is 4. The number of methoxy groups -OCH3 is 1. The number of alkyl carbamates (subject to hydrolysis) is 1. The fourth-order valence-electron chi connectivity index (χ4n) is 1.95. The zero-order valence-electron chi connectivity index (χ0n) is 14.4. The highest BCUT2D eigenvalue weighted by Crippen LogP contribution is 2.19. The summed E-state index contributed by atoms with van der Waals surface area (Å²) in [6.45, 7) is 5.10. The van der Waals surface area contributed by atoms with Gasteiger partial charge < -0.3 is 30.2 Å². The summed E-state index contributed by atoms with van der Waals surface area (Å²) in [6.07, 6.45) is -0.773. The Morgan fingerprint density at radius 1 is 1.21 bits per heavy atom. The van der Waals surface area contributed by atoms with Crippen LogP contribution in [-0.4, -0.2) is 48.9 Å². The van der Waals surface area contributed by atoms with Crippen molar-refractivity contribution in [3.63, 3.8) is 0 Å². The third kappa shape index (κ3) is 5.75. The van der Waals surface area contributed by atoms with Crippen molar-refractivity contribution in [1.82, 2.24) is 10.6 Å². The Kier molecular flexibility index (Phi) is 6.62. The molecule has 4 N–H and O–H groups in total. The summed E-state index contributed by atoms with van der Waals surface area (Å²) >= 11 is 0. The van der Waals surface area contributed by atoms with E-state index in [4.69, 9.17) is 9.47 Å². The van der Waals surface area contributed by atoms with Crippen molar-refractivity contribution in [1.29, 1.82) is 0 Å². The predicted molar refractivity (Wildman–Crippen MR) is 89.0 cm³/mol.